The Bertz CT molecular complexity index is 122. The van der Waals surface area contributed by atoms with E-state index in [0.29, 0.717) is 11.7 Å². The van der Waals surface area contributed by atoms with Crippen molar-refractivity contribution in [3.8, 4) is 0 Å². The molecule has 1 fully saturated rings. The van der Waals surface area contributed by atoms with E-state index in [-0.39, 0.29) is 4.83 Å². The van der Waals surface area contributed by atoms with Crippen LogP contribution in [0.3, 0.4) is 0 Å². The zero-order chi connectivity index (χ0) is 6.85. The number of Topliss-reactive ketones (excluding diaryl/α,β-unsaturated/α-hetero) is 1. The molecule has 2 atom stereocenters. The standard InChI is InChI=1S/C7H11BrO/c1-2-5-3-4-6(9)7(5)8/h5,7H,2-4H2,1H3. The van der Waals surface area contributed by atoms with E-state index >= 15 is 0 Å². The molecule has 0 heterocycles. The van der Waals surface area contributed by atoms with Crippen LogP contribution in [0, 0.1) is 5.92 Å². The fourth-order valence-corrected chi connectivity index (χ4v) is 2.15. The zero-order valence-electron chi connectivity index (χ0n) is 5.56. The molecule has 0 saturated heterocycles. The van der Waals surface area contributed by atoms with Crippen molar-refractivity contribution in [2.75, 3.05) is 0 Å². The molecule has 0 N–H and O–H groups in total. The van der Waals surface area contributed by atoms with Crippen molar-refractivity contribution in [2.24, 2.45) is 5.92 Å². The van der Waals surface area contributed by atoms with Crippen LogP contribution in [0.15, 0.2) is 0 Å². The number of alkyl halides is 1. The molecular formula is C7H11BrO. The summed E-state index contributed by atoms with van der Waals surface area (Å²) in [6.07, 6.45) is 3.00. The number of halogens is 1. The molecule has 0 spiro atoms. The van der Waals surface area contributed by atoms with Gasteiger partial charge in [0.1, 0.15) is 5.78 Å². The van der Waals surface area contributed by atoms with Crippen molar-refractivity contribution >= 4 is 21.7 Å². The van der Waals surface area contributed by atoms with E-state index in [1.807, 2.05) is 0 Å². The van der Waals surface area contributed by atoms with Crippen LogP contribution in [-0.4, -0.2) is 10.6 Å². The molecule has 0 radical (unpaired) electrons. The normalized spacial score (nSPS) is 35.6. The number of rotatable bonds is 1. The second-order valence-electron chi connectivity index (χ2n) is 2.58. The minimum Gasteiger partial charge on any atom is -0.298 e. The fraction of sp³-hybridized carbons (Fsp3) is 0.857. The summed E-state index contributed by atoms with van der Waals surface area (Å²) in [5.74, 6) is 0.999. The van der Waals surface area contributed by atoms with Gasteiger partial charge in [-0.1, -0.05) is 29.3 Å². The van der Waals surface area contributed by atoms with Crippen molar-refractivity contribution in [3.63, 3.8) is 0 Å². The van der Waals surface area contributed by atoms with E-state index in [1.165, 1.54) is 0 Å². The van der Waals surface area contributed by atoms with Crippen LogP contribution in [0.2, 0.25) is 0 Å². The Morgan fingerprint density at radius 3 is 2.67 bits per heavy atom. The van der Waals surface area contributed by atoms with Crippen LogP contribution < -0.4 is 0 Å². The van der Waals surface area contributed by atoms with Gasteiger partial charge in [0.05, 0.1) is 4.83 Å². The Labute approximate surface area is 64.0 Å². The summed E-state index contributed by atoms with van der Waals surface area (Å²) in [5, 5.41) is 0. The third-order valence-electron chi connectivity index (χ3n) is 2.01. The molecule has 0 aromatic carbocycles. The first-order valence-corrected chi connectivity index (χ1v) is 4.34. The van der Waals surface area contributed by atoms with Crippen molar-refractivity contribution in [2.45, 2.75) is 31.0 Å². The maximum absolute atomic E-state index is 10.9. The topological polar surface area (TPSA) is 17.1 Å². The molecule has 0 bridgehead atoms. The van der Waals surface area contributed by atoms with Crippen molar-refractivity contribution in [1.82, 2.24) is 0 Å². The van der Waals surface area contributed by atoms with Gasteiger partial charge in [-0.15, -0.1) is 0 Å². The monoisotopic (exact) mass is 190 g/mol. The largest absolute Gasteiger partial charge is 0.298 e. The Kier molecular flexibility index (Phi) is 2.28. The predicted octanol–water partition coefficient (Wildman–Crippen LogP) is 2.14. The van der Waals surface area contributed by atoms with E-state index in [2.05, 4.69) is 22.9 Å². The summed E-state index contributed by atoms with van der Waals surface area (Å²) in [7, 11) is 0. The van der Waals surface area contributed by atoms with E-state index in [4.69, 9.17) is 0 Å². The van der Waals surface area contributed by atoms with Gasteiger partial charge in [-0.2, -0.15) is 0 Å². The third-order valence-corrected chi connectivity index (χ3v) is 3.27. The second-order valence-corrected chi connectivity index (χ2v) is 3.56. The van der Waals surface area contributed by atoms with Crippen LogP contribution in [0.4, 0.5) is 0 Å². The van der Waals surface area contributed by atoms with Crippen LogP contribution in [0.25, 0.3) is 0 Å². The summed E-state index contributed by atoms with van der Waals surface area (Å²) in [6.45, 7) is 2.14. The molecule has 0 aromatic heterocycles. The molecule has 2 unspecified atom stereocenters. The molecule has 52 valence electrons. The Hall–Kier alpha value is 0.150. The van der Waals surface area contributed by atoms with E-state index in [1.54, 1.807) is 0 Å². The highest BCUT2D eigenvalue weighted by atomic mass is 79.9. The number of carbonyl (C=O) groups excluding carboxylic acids is 1. The maximum atomic E-state index is 10.9. The van der Waals surface area contributed by atoms with Gasteiger partial charge in [0.25, 0.3) is 0 Å². The average molecular weight is 191 g/mol. The van der Waals surface area contributed by atoms with Crippen molar-refractivity contribution in [1.29, 1.82) is 0 Å². The van der Waals surface area contributed by atoms with Crippen molar-refractivity contribution in [3.05, 3.63) is 0 Å². The lowest BCUT2D eigenvalue weighted by atomic mass is 10.1. The minimum atomic E-state index is 0.169. The lowest BCUT2D eigenvalue weighted by Gasteiger charge is -2.07. The fourth-order valence-electron chi connectivity index (χ4n) is 1.29. The van der Waals surface area contributed by atoms with Crippen LogP contribution in [0.5, 0.6) is 0 Å². The Morgan fingerprint density at radius 1 is 1.78 bits per heavy atom. The van der Waals surface area contributed by atoms with Gasteiger partial charge < -0.3 is 0 Å². The first kappa shape index (κ1) is 7.26. The molecular weight excluding hydrogens is 180 g/mol. The summed E-state index contributed by atoms with van der Waals surface area (Å²) in [4.78, 5) is 11.1. The highest BCUT2D eigenvalue weighted by molar-refractivity contribution is 9.10. The van der Waals surface area contributed by atoms with Gasteiger partial charge >= 0.3 is 0 Å². The molecule has 0 aromatic rings. The summed E-state index contributed by atoms with van der Waals surface area (Å²) in [6, 6.07) is 0. The number of hydrogen-bond acceptors (Lipinski definition) is 1. The minimum absolute atomic E-state index is 0.169. The number of carbonyl (C=O) groups is 1. The second kappa shape index (κ2) is 2.82. The van der Waals surface area contributed by atoms with Gasteiger partial charge in [0.2, 0.25) is 0 Å². The molecule has 1 aliphatic carbocycles. The van der Waals surface area contributed by atoms with Gasteiger partial charge in [0, 0.05) is 6.42 Å². The highest BCUT2D eigenvalue weighted by Crippen LogP contribution is 2.30. The van der Waals surface area contributed by atoms with Crippen LogP contribution in [-0.2, 0) is 4.79 Å². The van der Waals surface area contributed by atoms with Gasteiger partial charge in [0.15, 0.2) is 0 Å². The van der Waals surface area contributed by atoms with E-state index in [9.17, 15) is 4.79 Å². The highest BCUT2D eigenvalue weighted by Gasteiger charge is 2.30. The molecule has 0 amide bonds. The quantitative estimate of drug-likeness (QED) is 0.580. The molecule has 2 heteroatoms. The third kappa shape index (κ3) is 1.34. The predicted molar refractivity (Wildman–Crippen MR) is 40.7 cm³/mol. The maximum Gasteiger partial charge on any atom is 0.146 e. The molecule has 1 saturated carbocycles. The first-order chi connectivity index (χ1) is 4.25. The number of ketones is 1. The summed E-state index contributed by atoms with van der Waals surface area (Å²) in [5.41, 5.74) is 0. The van der Waals surface area contributed by atoms with E-state index in [0.717, 1.165) is 19.3 Å². The van der Waals surface area contributed by atoms with Gasteiger partial charge in [-0.05, 0) is 12.3 Å². The molecule has 1 nitrogen and oxygen atoms in total. The van der Waals surface area contributed by atoms with Crippen molar-refractivity contribution < 1.29 is 4.79 Å². The van der Waals surface area contributed by atoms with E-state index < -0.39 is 0 Å². The first-order valence-electron chi connectivity index (χ1n) is 3.42. The molecule has 9 heavy (non-hydrogen) atoms. The summed E-state index contributed by atoms with van der Waals surface area (Å²) >= 11 is 3.38. The zero-order valence-corrected chi connectivity index (χ0v) is 7.15. The molecule has 1 aliphatic rings. The van der Waals surface area contributed by atoms with Crippen LogP contribution >= 0.6 is 15.9 Å². The molecule has 1 rings (SSSR count). The average Bonchev–Trinajstić information content (AvgIpc) is 2.15. The van der Waals surface area contributed by atoms with Crippen LogP contribution in [0.1, 0.15) is 26.2 Å². The smallest absolute Gasteiger partial charge is 0.146 e. The lowest BCUT2D eigenvalue weighted by molar-refractivity contribution is -0.117. The SMILES string of the molecule is CCC1CCC(=O)C1Br. The Morgan fingerprint density at radius 2 is 2.44 bits per heavy atom. The number of hydrogen-bond donors (Lipinski definition) is 0. The summed E-state index contributed by atoms with van der Waals surface area (Å²) < 4.78 is 0. The Balaban J connectivity index is 2.51. The van der Waals surface area contributed by atoms with Gasteiger partial charge in [-0.25, -0.2) is 0 Å². The van der Waals surface area contributed by atoms with Gasteiger partial charge in [-0.3, -0.25) is 4.79 Å². The molecule has 0 aliphatic heterocycles. The lowest BCUT2D eigenvalue weighted by Crippen LogP contribution is -2.12.